The number of benzene rings is 1. The van der Waals surface area contributed by atoms with Gasteiger partial charge in [-0.05, 0) is 63.2 Å². The van der Waals surface area contributed by atoms with Crippen LogP contribution in [0, 0.1) is 0 Å². The SMILES string of the molecule is CCn1cc(C(=O)CN2CCC(c3cccc(Nc4ccccn4)n3)CC2)c2ccccc21. The van der Waals surface area contributed by atoms with Crippen molar-refractivity contribution >= 4 is 28.3 Å². The van der Waals surface area contributed by atoms with Crippen molar-refractivity contribution in [2.45, 2.75) is 32.2 Å². The molecule has 0 saturated carbocycles. The topological polar surface area (TPSA) is 63.1 Å². The van der Waals surface area contributed by atoms with Crippen LogP contribution in [0.1, 0.15) is 41.7 Å². The molecule has 4 aromatic rings. The van der Waals surface area contributed by atoms with Crippen LogP contribution in [-0.2, 0) is 6.54 Å². The van der Waals surface area contributed by atoms with Gasteiger partial charge in [-0.2, -0.15) is 0 Å². The van der Waals surface area contributed by atoms with Gasteiger partial charge in [-0.25, -0.2) is 9.97 Å². The van der Waals surface area contributed by atoms with Crippen LogP contribution in [-0.4, -0.2) is 44.9 Å². The number of hydrogen-bond donors (Lipinski definition) is 1. The Balaban J connectivity index is 1.21. The summed E-state index contributed by atoms with van der Waals surface area (Å²) in [4.78, 5) is 24.6. The molecule has 1 saturated heterocycles. The smallest absolute Gasteiger partial charge is 0.178 e. The highest BCUT2D eigenvalue weighted by Crippen LogP contribution is 2.29. The Morgan fingerprint density at radius 1 is 1.00 bits per heavy atom. The minimum absolute atomic E-state index is 0.205. The number of aryl methyl sites for hydroxylation is 1. The van der Waals surface area contributed by atoms with Crippen molar-refractivity contribution in [1.82, 2.24) is 19.4 Å². The number of pyridine rings is 2. The van der Waals surface area contributed by atoms with E-state index >= 15 is 0 Å². The van der Waals surface area contributed by atoms with Gasteiger partial charge in [-0.1, -0.05) is 30.3 Å². The Labute approximate surface area is 194 Å². The third kappa shape index (κ3) is 4.66. The molecular weight excluding hydrogens is 410 g/mol. The normalized spacial score (nSPS) is 15.1. The molecule has 0 amide bonds. The quantitative estimate of drug-likeness (QED) is 0.398. The van der Waals surface area contributed by atoms with Crippen molar-refractivity contribution in [3.05, 3.63) is 84.3 Å². The highest BCUT2D eigenvalue weighted by atomic mass is 16.1. The molecule has 4 heterocycles. The van der Waals surface area contributed by atoms with E-state index < -0.39 is 0 Å². The predicted octanol–water partition coefficient (Wildman–Crippen LogP) is 5.26. The van der Waals surface area contributed by atoms with Crippen molar-refractivity contribution in [3.63, 3.8) is 0 Å². The average molecular weight is 440 g/mol. The Morgan fingerprint density at radius 2 is 1.79 bits per heavy atom. The van der Waals surface area contributed by atoms with E-state index in [1.54, 1.807) is 6.20 Å². The lowest BCUT2D eigenvalue weighted by Crippen LogP contribution is -2.37. The van der Waals surface area contributed by atoms with Crippen molar-refractivity contribution in [2.24, 2.45) is 0 Å². The van der Waals surface area contributed by atoms with Crippen LogP contribution in [0.3, 0.4) is 0 Å². The maximum Gasteiger partial charge on any atom is 0.178 e. The maximum atomic E-state index is 13.1. The van der Waals surface area contributed by atoms with Gasteiger partial charge in [0.05, 0.1) is 6.54 Å². The summed E-state index contributed by atoms with van der Waals surface area (Å²) in [7, 11) is 0. The van der Waals surface area contributed by atoms with Crippen LogP contribution in [0.15, 0.2) is 73.1 Å². The second-order valence-corrected chi connectivity index (χ2v) is 8.61. The number of carbonyl (C=O) groups excluding carboxylic acids is 1. The fourth-order valence-corrected chi connectivity index (χ4v) is 4.72. The summed E-state index contributed by atoms with van der Waals surface area (Å²) in [6.45, 7) is 5.25. The van der Waals surface area contributed by atoms with Gasteiger partial charge in [0.25, 0.3) is 0 Å². The molecule has 33 heavy (non-hydrogen) atoms. The first-order valence-corrected chi connectivity index (χ1v) is 11.7. The summed E-state index contributed by atoms with van der Waals surface area (Å²) in [5.41, 5.74) is 3.07. The molecule has 1 N–H and O–H groups in total. The first kappa shape index (κ1) is 21.3. The van der Waals surface area contributed by atoms with Crippen LogP contribution < -0.4 is 5.32 Å². The summed E-state index contributed by atoms with van der Waals surface area (Å²) in [6.07, 6.45) is 5.79. The first-order chi connectivity index (χ1) is 16.2. The van der Waals surface area contributed by atoms with E-state index in [9.17, 15) is 4.79 Å². The highest BCUT2D eigenvalue weighted by Gasteiger charge is 2.24. The average Bonchev–Trinajstić information content (AvgIpc) is 3.24. The number of nitrogens with one attached hydrogen (secondary N) is 1. The maximum absolute atomic E-state index is 13.1. The van der Waals surface area contributed by atoms with Gasteiger partial charge in [0.1, 0.15) is 11.6 Å². The van der Waals surface area contributed by atoms with Crippen molar-refractivity contribution in [2.75, 3.05) is 25.0 Å². The molecule has 0 unspecified atom stereocenters. The lowest BCUT2D eigenvalue weighted by atomic mass is 9.92. The number of rotatable bonds is 7. The number of aromatic nitrogens is 3. The molecule has 0 atom stereocenters. The zero-order valence-corrected chi connectivity index (χ0v) is 18.9. The lowest BCUT2D eigenvalue weighted by Gasteiger charge is -2.31. The number of nitrogens with zero attached hydrogens (tertiary/aromatic N) is 4. The van der Waals surface area contributed by atoms with E-state index in [-0.39, 0.29) is 5.78 Å². The van der Waals surface area contributed by atoms with Gasteiger partial charge in [0.2, 0.25) is 0 Å². The molecule has 0 bridgehead atoms. The second kappa shape index (κ2) is 9.55. The second-order valence-electron chi connectivity index (χ2n) is 8.61. The molecule has 1 aromatic carbocycles. The number of carbonyl (C=O) groups is 1. The molecule has 0 aliphatic carbocycles. The molecule has 168 valence electrons. The highest BCUT2D eigenvalue weighted by molar-refractivity contribution is 6.09. The van der Waals surface area contributed by atoms with E-state index in [0.29, 0.717) is 12.5 Å². The number of fused-ring (bicyclic) bond motifs is 1. The zero-order chi connectivity index (χ0) is 22.6. The molecule has 0 spiro atoms. The van der Waals surface area contributed by atoms with Gasteiger partial charge in [0, 0.05) is 47.0 Å². The largest absolute Gasteiger partial charge is 0.347 e. The number of hydrogen-bond acceptors (Lipinski definition) is 5. The Bertz CT molecular complexity index is 1240. The zero-order valence-electron chi connectivity index (χ0n) is 18.9. The molecule has 6 nitrogen and oxygen atoms in total. The van der Waals surface area contributed by atoms with Crippen LogP contribution in [0.25, 0.3) is 10.9 Å². The molecule has 1 fully saturated rings. The van der Waals surface area contributed by atoms with Crippen molar-refractivity contribution < 1.29 is 4.79 Å². The third-order valence-corrected chi connectivity index (χ3v) is 6.49. The molecule has 3 aromatic heterocycles. The van der Waals surface area contributed by atoms with Crippen molar-refractivity contribution in [1.29, 1.82) is 0 Å². The fraction of sp³-hybridized carbons (Fsp3) is 0.296. The number of anilines is 2. The molecule has 6 heteroatoms. The number of ketones is 1. The predicted molar refractivity (Wildman–Crippen MR) is 132 cm³/mol. The summed E-state index contributed by atoms with van der Waals surface area (Å²) >= 11 is 0. The number of para-hydroxylation sites is 1. The number of Topliss-reactive ketones (excluding diaryl/α,β-unsaturated/α-hetero) is 1. The van der Waals surface area contributed by atoms with Crippen LogP contribution >= 0.6 is 0 Å². The number of likely N-dealkylation sites (tertiary alicyclic amines) is 1. The summed E-state index contributed by atoms with van der Waals surface area (Å²) < 4.78 is 2.16. The Hall–Kier alpha value is -3.51. The van der Waals surface area contributed by atoms with E-state index in [1.165, 1.54) is 0 Å². The van der Waals surface area contributed by atoms with Gasteiger partial charge in [0.15, 0.2) is 5.78 Å². The van der Waals surface area contributed by atoms with Crippen LogP contribution in [0.5, 0.6) is 0 Å². The van der Waals surface area contributed by atoms with Gasteiger partial charge in [-0.3, -0.25) is 9.69 Å². The minimum Gasteiger partial charge on any atom is -0.347 e. The first-order valence-electron chi connectivity index (χ1n) is 11.7. The Morgan fingerprint density at radius 3 is 2.58 bits per heavy atom. The van der Waals surface area contributed by atoms with E-state index in [4.69, 9.17) is 4.98 Å². The van der Waals surface area contributed by atoms with E-state index in [2.05, 4.69) is 44.9 Å². The van der Waals surface area contributed by atoms with Crippen molar-refractivity contribution in [3.8, 4) is 0 Å². The number of piperidine rings is 1. The summed E-state index contributed by atoms with van der Waals surface area (Å²) in [6, 6.07) is 20.1. The Kier molecular flexibility index (Phi) is 6.17. The molecule has 1 aliphatic rings. The molecule has 0 radical (unpaired) electrons. The lowest BCUT2D eigenvalue weighted by molar-refractivity contribution is 0.0910. The molecular formula is C27H29N5O. The van der Waals surface area contributed by atoms with E-state index in [1.807, 2.05) is 48.7 Å². The van der Waals surface area contributed by atoms with Crippen LogP contribution in [0.2, 0.25) is 0 Å². The van der Waals surface area contributed by atoms with Gasteiger partial charge in [-0.15, -0.1) is 0 Å². The van der Waals surface area contributed by atoms with Crippen LogP contribution in [0.4, 0.5) is 11.6 Å². The fourth-order valence-electron chi connectivity index (χ4n) is 4.72. The summed E-state index contributed by atoms with van der Waals surface area (Å²) in [5.74, 6) is 2.22. The standard InChI is InChI=1S/C27H29N5O/c1-2-32-18-22(21-8-3-4-10-24(21)32)25(33)19-31-16-13-20(14-17-31)23-9-7-12-27(29-23)30-26-11-5-6-15-28-26/h3-12,15,18,20H,2,13-14,16-17,19H2,1H3,(H,28,29,30). The van der Waals surface area contributed by atoms with Gasteiger partial charge >= 0.3 is 0 Å². The molecule has 1 aliphatic heterocycles. The minimum atomic E-state index is 0.205. The summed E-state index contributed by atoms with van der Waals surface area (Å²) in [5, 5.41) is 4.33. The van der Waals surface area contributed by atoms with Gasteiger partial charge < -0.3 is 9.88 Å². The third-order valence-electron chi connectivity index (χ3n) is 6.49. The molecule has 5 rings (SSSR count). The van der Waals surface area contributed by atoms with E-state index in [0.717, 1.165) is 66.3 Å². The monoisotopic (exact) mass is 439 g/mol.